The Bertz CT molecular complexity index is 427. The van der Waals surface area contributed by atoms with E-state index in [0.29, 0.717) is 17.8 Å². The number of rotatable bonds is 3. The highest BCUT2D eigenvalue weighted by Gasteiger charge is 2.54. The Morgan fingerprint density at radius 3 is 2.00 bits per heavy atom. The minimum absolute atomic E-state index is 0.255. The maximum Gasteiger partial charge on any atom is 0.323 e. The Labute approximate surface area is 113 Å². The summed E-state index contributed by atoms with van der Waals surface area (Å²) in [6.07, 6.45) is 11.8. The zero-order valence-corrected chi connectivity index (χ0v) is 11.0. The van der Waals surface area contributed by atoms with Gasteiger partial charge in [0, 0.05) is 5.54 Å². The fourth-order valence-electron chi connectivity index (χ4n) is 5.06. The van der Waals surface area contributed by atoms with Gasteiger partial charge in [-0.05, 0) is 62.2 Å². The van der Waals surface area contributed by atoms with Crippen LogP contribution in [0.4, 0.5) is 0 Å². The van der Waals surface area contributed by atoms with Crippen molar-refractivity contribution in [3.63, 3.8) is 0 Å². The van der Waals surface area contributed by atoms with Crippen molar-refractivity contribution in [1.29, 1.82) is 0 Å². The standard InChI is InChI=1S/C15H19NO3/c1-2-13(17)16(9-14(18)19)15-6-10-3-11(7-15)5-12(4-10)8-15/h1,10-12H,3-9H2,(H,18,19). The third-order valence-corrected chi connectivity index (χ3v) is 5.24. The second-order valence-electron chi connectivity index (χ2n) is 6.57. The molecule has 4 rings (SSSR count). The van der Waals surface area contributed by atoms with Crippen molar-refractivity contribution < 1.29 is 14.7 Å². The highest BCUT2D eigenvalue weighted by Crippen LogP contribution is 2.57. The second kappa shape index (κ2) is 4.26. The van der Waals surface area contributed by atoms with Crippen LogP contribution in [0.2, 0.25) is 0 Å². The van der Waals surface area contributed by atoms with Crippen molar-refractivity contribution in [2.24, 2.45) is 17.8 Å². The van der Waals surface area contributed by atoms with Crippen LogP contribution in [0.15, 0.2) is 0 Å². The molecule has 102 valence electrons. The maximum absolute atomic E-state index is 12.0. The van der Waals surface area contributed by atoms with Gasteiger partial charge in [0.15, 0.2) is 0 Å². The van der Waals surface area contributed by atoms with Crippen LogP contribution in [0.5, 0.6) is 0 Å². The zero-order valence-electron chi connectivity index (χ0n) is 11.0. The number of hydrogen-bond acceptors (Lipinski definition) is 2. The van der Waals surface area contributed by atoms with Crippen LogP contribution in [-0.2, 0) is 9.59 Å². The van der Waals surface area contributed by atoms with E-state index in [0.717, 1.165) is 19.3 Å². The molecule has 4 fully saturated rings. The zero-order chi connectivity index (χ0) is 13.6. The molecule has 0 radical (unpaired) electrons. The molecule has 4 nitrogen and oxygen atoms in total. The molecule has 0 aromatic rings. The van der Waals surface area contributed by atoms with Crippen LogP contribution in [0.25, 0.3) is 0 Å². The largest absolute Gasteiger partial charge is 0.480 e. The van der Waals surface area contributed by atoms with Crippen LogP contribution in [0, 0.1) is 30.1 Å². The smallest absolute Gasteiger partial charge is 0.323 e. The third kappa shape index (κ3) is 2.01. The first-order chi connectivity index (χ1) is 9.02. The average Bonchev–Trinajstić information content (AvgIpc) is 2.33. The molecule has 4 bridgehead atoms. The normalized spacial score (nSPS) is 38.8. The number of amides is 1. The van der Waals surface area contributed by atoms with Gasteiger partial charge in [-0.15, -0.1) is 6.42 Å². The molecule has 1 amide bonds. The van der Waals surface area contributed by atoms with E-state index in [1.807, 2.05) is 0 Å². The van der Waals surface area contributed by atoms with Gasteiger partial charge in [-0.25, -0.2) is 0 Å². The molecular formula is C15H19NO3. The van der Waals surface area contributed by atoms with Gasteiger partial charge in [0.25, 0.3) is 5.91 Å². The Morgan fingerprint density at radius 2 is 1.63 bits per heavy atom. The van der Waals surface area contributed by atoms with E-state index < -0.39 is 11.9 Å². The van der Waals surface area contributed by atoms with Crippen LogP contribution in [0.1, 0.15) is 38.5 Å². The van der Waals surface area contributed by atoms with Gasteiger partial charge in [0.1, 0.15) is 6.54 Å². The van der Waals surface area contributed by atoms with Crippen molar-refractivity contribution in [2.45, 2.75) is 44.1 Å². The Morgan fingerprint density at radius 1 is 1.16 bits per heavy atom. The first-order valence-corrected chi connectivity index (χ1v) is 7.02. The van der Waals surface area contributed by atoms with E-state index in [9.17, 15) is 9.59 Å². The number of carbonyl (C=O) groups excluding carboxylic acids is 1. The van der Waals surface area contributed by atoms with Crippen LogP contribution >= 0.6 is 0 Å². The van der Waals surface area contributed by atoms with E-state index in [-0.39, 0.29) is 12.1 Å². The van der Waals surface area contributed by atoms with Crippen molar-refractivity contribution in [3.05, 3.63) is 0 Å². The van der Waals surface area contributed by atoms with E-state index in [1.165, 1.54) is 24.2 Å². The molecule has 0 spiro atoms. The summed E-state index contributed by atoms with van der Waals surface area (Å²) in [4.78, 5) is 24.5. The molecule has 4 saturated carbocycles. The number of hydrogen-bond donors (Lipinski definition) is 1. The van der Waals surface area contributed by atoms with E-state index in [4.69, 9.17) is 11.5 Å². The first kappa shape index (κ1) is 12.5. The number of carbonyl (C=O) groups is 2. The van der Waals surface area contributed by atoms with Gasteiger partial charge in [-0.3, -0.25) is 9.59 Å². The molecule has 19 heavy (non-hydrogen) atoms. The summed E-state index contributed by atoms with van der Waals surface area (Å²) in [7, 11) is 0. The molecule has 0 aromatic carbocycles. The van der Waals surface area contributed by atoms with Crippen LogP contribution in [-0.4, -0.2) is 34.0 Å². The molecule has 0 saturated heterocycles. The minimum Gasteiger partial charge on any atom is -0.480 e. The monoisotopic (exact) mass is 261 g/mol. The predicted molar refractivity (Wildman–Crippen MR) is 69.1 cm³/mol. The molecule has 0 unspecified atom stereocenters. The SMILES string of the molecule is C#CC(=O)N(CC(=O)O)C12CC3CC(CC(C3)C1)C2. The Kier molecular flexibility index (Phi) is 2.81. The molecule has 1 N–H and O–H groups in total. The third-order valence-electron chi connectivity index (χ3n) is 5.24. The highest BCUT2D eigenvalue weighted by atomic mass is 16.4. The van der Waals surface area contributed by atoms with Gasteiger partial charge in [-0.2, -0.15) is 0 Å². The van der Waals surface area contributed by atoms with Crippen LogP contribution in [0.3, 0.4) is 0 Å². The number of aliphatic carboxylic acids is 1. The summed E-state index contributed by atoms with van der Waals surface area (Å²) in [5.41, 5.74) is -0.267. The lowest BCUT2D eigenvalue weighted by molar-refractivity contribution is -0.156. The summed E-state index contributed by atoms with van der Waals surface area (Å²) < 4.78 is 0. The van der Waals surface area contributed by atoms with Gasteiger partial charge in [0.05, 0.1) is 0 Å². The van der Waals surface area contributed by atoms with Crippen molar-refractivity contribution in [2.75, 3.05) is 6.54 Å². The van der Waals surface area contributed by atoms with Crippen molar-refractivity contribution >= 4 is 11.9 Å². The maximum atomic E-state index is 12.0. The quantitative estimate of drug-likeness (QED) is 0.783. The lowest BCUT2D eigenvalue weighted by Crippen LogP contribution is -2.62. The highest BCUT2D eigenvalue weighted by molar-refractivity contribution is 5.95. The number of carboxylic acids is 1. The van der Waals surface area contributed by atoms with E-state index in [1.54, 1.807) is 0 Å². The van der Waals surface area contributed by atoms with E-state index >= 15 is 0 Å². The summed E-state index contributed by atoms with van der Waals surface area (Å²) >= 11 is 0. The molecule has 4 aliphatic carbocycles. The van der Waals surface area contributed by atoms with Gasteiger partial charge < -0.3 is 10.0 Å². The summed E-state index contributed by atoms with van der Waals surface area (Å²) in [5.74, 6) is 2.67. The fraction of sp³-hybridized carbons (Fsp3) is 0.733. The summed E-state index contributed by atoms with van der Waals surface area (Å²) in [6.45, 7) is -0.255. The number of nitrogens with zero attached hydrogens (tertiary/aromatic N) is 1. The molecular weight excluding hydrogens is 242 g/mol. The molecule has 0 atom stereocenters. The summed E-state index contributed by atoms with van der Waals surface area (Å²) in [6, 6.07) is 0. The first-order valence-electron chi connectivity index (χ1n) is 7.02. The number of terminal acetylenes is 1. The van der Waals surface area contributed by atoms with Crippen LogP contribution < -0.4 is 0 Å². The van der Waals surface area contributed by atoms with Gasteiger partial charge in [-0.1, -0.05) is 0 Å². The lowest BCUT2D eigenvalue weighted by atomic mass is 9.52. The molecule has 0 heterocycles. The number of carboxylic acid groups (broad SMARTS) is 1. The lowest BCUT2D eigenvalue weighted by Gasteiger charge is -2.59. The van der Waals surface area contributed by atoms with Gasteiger partial charge in [0.2, 0.25) is 0 Å². The second-order valence-corrected chi connectivity index (χ2v) is 6.57. The van der Waals surface area contributed by atoms with Crippen molar-refractivity contribution in [3.8, 4) is 12.3 Å². The molecule has 4 heteroatoms. The minimum atomic E-state index is -0.973. The van der Waals surface area contributed by atoms with E-state index in [2.05, 4.69) is 5.92 Å². The fourth-order valence-corrected chi connectivity index (χ4v) is 5.06. The average molecular weight is 261 g/mol. The topological polar surface area (TPSA) is 57.6 Å². The Hall–Kier alpha value is -1.50. The predicted octanol–water partition coefficient (Wildman–Crippen LogP) is 1.50. The molecule has 0 aliphatic heterocycles. The Balaban J connectivity index is 1.91. The molecule has 4 aliphatic rings. The van der Waals surface area contributed by atoms with Crippen molar-refractivity contribution in [1.82, 2.24) is 4.90 Å². The van der Waals surface area contributed by atoms with Gasteiger partial charge >= 0.3 is 5.97 Å². The molecule has 0 aromatic heterocycles. The summed E-state index contributed by atoms with van der Waals surface area (Å²) in [5, 5.41) is 9.07.